The molecular formula is C15H26N2O3. The Hall–Kier alpha value is -1.10. The number of ether oxygens (including phenoxy) is 1. The average molecular weight is 282 g/mol. The molecule has 0 unspecified atom stereocenters. The summed E-state index contributed by atoms with van der Waals surface area (Å²) in [7, 11) is 0. The molecule has 0 radical (unpaired) electrons. The van der Waals surface area contributed by atoms with Crippen molar-refractivity contribution in [3.05, 3.63) is 0 Å². The number of nitrogens with one attached hydrogen (secondary N) is 1. The van der Waals surface area contributed by atoms with Crippen LogP contribution in [0.3, 0.4) is 0 Å². The topological polar surface area (TPSA) is 58.6 Å². The van der Waals surface area contributed by atoms with Crippen molar-refractivity contribution in [3.8, 4) is 0 Å². The van der Waals surface area contributed by atoms with E-state index in [0.29, 0.717) is 25.7 Å². The van der Waals surface area contributed by atoms with Crippen LogP contribution in [-0.4, -0.2) is 49.1 Å². The molecular weight excluding hydrogens is 256 g/mol. The molecule has 2 fully saturated rings. The van der Waals surface area contributed by atoms with Crippen molar-refractivity contribution in [1.82, 2.24) is 10.2 Å². The summed E-state index contributed by atoms with van der Waals surface area (Å²) < 4.78 is 5.08. The molecule has 0 aromatic heterocycles. The van der Waals surface area contributed by atoms with E-state index in [0.717, 1.165) is 32.2 Å². The van der Waals surface area contributed by atoms with Crippen LogP contribution in [0.2, 0.25) is 0 Å². The van der Waals surface area contributed by atoms with Crippen molar-refractivity contribution in [2.24, 2.45) is 5.92 Å². The molecule has 0 spiro atoms. The first kappa shape index (κ1) is 15.3. The number of rotatable bonds is 5. The molecule has 1 heterocycles. The fraction of sp³-hybridized carbons (Fsp3) is 0.867. The lowest BCUT2D eigenvalue weighted by Gasteiger charge is -2.31. The second-order valence-corrected chi connectivity index (χ2v) is 5.88. The molecule has 114 valence electrons. The van der Waals surface area contributed by atoms with Gasteiger partial charge in [0.15, 0.2) is 0 Å². The summed E-state index contributed by atoms with van der Waals surface area (Å²) in [5, 5.41) is 3.10. The Balaban J connectivity index is 1.74. The third-order valence-electron chi connectivity index (χ3n) is 4.21. The molecule has 2 aliphatic rings. The lowest BCUT2D eigenvalue weighted by atomic mass is 9.98. The van der Waals surface area contributed by atoms with Gasteiger partial charge in [-0.25, -0.2) is 0 Å². The first-order valence-corrected chi connectivity index (χ1v) is 7.87. The average Bonchev–Trinajstić information content (AvgIpc) is 2.92. The Bertz CT molecular complexity index is 340. The van der Waals surface area contributed by atoms with Gasteiger partial charge in [0.2, 0.25) is 5.91 Å². The Morgan fingerprint density at radius 1 is 1.20 bits per heavy atom. The van der Waals surface area contributed by atoms with Crippen molar-refractivity contribution < 1.29 is 14.3 Å². The van der Waals surface area contributed by atoms with Gasteiger partial charge >= 0.3 is 5.97 Å². The van der Waals surface area contributed by atoms with E-state index < -0.39 is 0 Å². The summed E-state index contributed by atoms with van der Waals surface area (Å²) in [6.45, 7) is 4.21. The van der Waals surface area contributed by atoms with Gasteiger partial charge in [-0.3, -0.25) is 14.5 Å². The van der Waals surface area contributed by atoms with E-state index >= 15 is 0 Å². The molecule has 1 amide bonds. The molecule has 1 saturated heterocycles. The largest absolute Gasteiger partial charge is 0.466 e. The number of likely N-dealkylation sites (tertiary alicyclic amines) is 1. The van der Waals surface area contributed by atoms with E-state index in [-0.39, 0.29) is 17.8 Å². The van der Waals surface area contributed by atoms with Crippen molar-refractivity contribution >= 4 is 11.9 Å². The standard InChI is InChI=1S/C15H26N2O3/c1-2-20-15(19)12-6-5-9-17(10-12)11-14(18)16-13-7-3-4-8-13/h12-13H,2-11H2,1H3,(H,16,18)/t12-/m0/s1. The first-order chi connectivity index (χ1) is 9.69. The van der Waals surface area contributed by atoms with Gasteiger partial charge < -0.3 is 10.1 Å². The Kier molecular flexibility index (Phi) is 5.83. The number of nitrogens with zero attached hydrogens (tertiary/aromatic N) is 1. The summed E-state index contributed by atoms with van der Waals surface area (Å²) in [4.78, 5) is 25.8. The minimum absolute atomic E-state index is 0.0667. The predicted octanol–water partition coefficient (Wildman–Crippen LogP) is 1.32. The number of carbonyl (C=O) groups is 2. The van der Waals surface area contributed by atoms with Gasteiger partial charge in [0.25, 0.3) is 0 Å². The third-order valence-corrected chi connectivity index (χ3v) is 4.21. The molecule has 0 bridgehead atoms. The minimum Gasteiger partial charge on any atom is -0.466 e. The van der Waals surface area contributed by atoms with E-state index in [4.69, 9.17) is 4.74 Å². The number of hydrogen-bond acceptors (Lipinski definition) is 4. The van der Waals surface area contributed by atoms with Crippen molar-refractivity contribution in [3.63, 3.8) is 0 Å². The molecule has 0 aromatic rings. The van der Waals surface area contributed by atoms with Crippen LogP contribution in [0.4, 0.5) is 0 Å². The number of carbonyl (C=O) groups excluding carboxylic acids is 2. The Morgan fingerprint density at radius 2 is 1.95 bits per heavy atom. The molecule has 1 N–H and O–H groups in total. The van der Waals surface area contributed by atoms with Gasteiger partial charge in [-0.2, -0.15) is 0 Å². The van der Waals surface area contributed by atoms with Crippen LogP contribution >= 0.6 is 0 Å². The Labute approximate surface area is 121 Å². The zero-order chi connectivity index (χ0) is 14.4. The van der Waals surface area contributed by atoms with Crippen LogP contribution in [0.15, 0.2) is 0 Å². The van der Waals surface area contributed by atoms with E-state index in [1.807, 2.05) is 6.92 Å². The maximum absolute atomic E-state index is 12.0. The number of hydrogen-bond donors (Lipinski definition) is 1. The zero-order valence-corrected chi connectivity index (χ0v) is 12.4. The highest BCUT2D eigenvalue weighted by Gasteiger charge is 2.28. The second kappa shape index (κ2) is 7.62. The summed E-state index contributed by atoms with van der Waals surface area (Å²) in [6.07, 6.45) is 6.49. The number of piperidine rings is 1. The summed E-state index contributed by atoms with van der Waals surface area (Å²) in [5.41, 5.74) is 0. The van der Waals surface area contributed by atoms with Crippen LogP contribution in [0, 0.1) is 5.92 Å². The van der Waals surface area contributed by atoms with Gasteiger partial charge in [0.1, 0.15) is 0 Å². The highest BCUT2D eigenvalue weighted by Crippen LogP contribution is 2.19. The van der Waals surface area contributed by atoms with E-state index in [9.17, 15) is 9.59 Å². The molecule has 1 aliphatic carbocycles. The van der Waals surface area contributed by atoms with E-state index in [1.165, 1.54) is 12.8 Å². The normalized spacial score (nSPS) is 24.6. The van der Waals surface area contributed by atoms with Crippen molar-refractivity contribution in [1.29, 1.82) is 0 Å². The monoisotopic (exact) mass is 282 g/mol. The maximum atomic E-state index is 12.0. The summed E-state index contributed by atoms with van der Waals surface area (Å²) in [6, 6.07) is 0.369. The smallest absolute Gasteiger partial charge is 0.310 e. The Morgan fingerprint density at radius 3 is 2.65 bits per heavy atom. The third kappa shape index (κ3) is 4.47. The fourth-order valence-corrected chi connectivity index (χ4v) is 3.20. The maximum Gasteiger partial charge on any atom is 0.310 e. The van der Waals surface area contributed by atoms with Gasteiger partial charge in [0.05, 0.1) is 19.1 Å². The molecule has 5 heteroatoms. The highest BCUT2D eigenvalue weighted by molar-refractivity contribution is 5.78. The van der Waals surface area contributed by atoms with Gasteiger partial charge in [-0.05, 0) is 39.2 Å². The van der Waals surface area contributed by atoms with Crippen LogP contribution in [0.5, 0.6) is 0 Å². The molecule has 5 nitrogen and oxygen atoms in total. The molecule has 1 saturated carbocycles. The lowest BCUT2D eigenvalue weighted by Crippen LogP contribution is -2.46. The SMILES string of the molecule is CCOC(=O)[C@H]1CCCN(CC(=O)NC2CCCC2)C1. The quantitative estimate of drug-likeness (QED) is 0.773. The number of amides is 1. The molecule has 1 aliphatic heterocycles. The molecule has 1 atom stereocenters. The fourth-order valence-electron chi connectivity index (χ4n) is 3.20. The van der Waals surface area contributed by atoms with E-state index in [2.05, 4.69) is 10.2 Å². The van der Waals surface area contributed by atoms with Crippen LogP contribution in [-0.2, 0) is 14.3 Å². The highest BCUT2D eigenvalue weighted by atomic mass is 16.5. The van der Waals surface area contributed by atoms with Gasteiger partial charge in [-0.1, -0.05) is 12.8 Å². The predicted molar refractivity (Wildman–Crippen MR) is 76.2 cm³/mol. The summed E-state index contributed by atoms with van der Waals surface area (Å²) >= 11 is 0. The summed E-state index contributed by atoms with van der Waals surface area (Å²) in [5.74, 6) is -0.0854. The van der Waals surface area contributed by atoms with Crippen LogP contribution < -0.4 is 5.32 Å². The molecule has 2 rings (SSSR count). The van der Waals surface area contributed by atoms with Crippen molar-refractivity contribution in [2.75, 3.05) is 26.2 Å². The second-order valence-electron chi connectivity index (χ2n) is 5.88. The van der Waals surface area contributed by atoms with E-state index in [1.54, 1.807) is 0 Å². The van der Waals surface area contributed by atoms with Crippen LogP contribution in [0.25, 0.3) is 0 Å². The van der Waals surface area contributed by atoms with Gasteiger partial charge in [0, 0.05) is 12.6 Å². The zero-order valence-electron chi connectivity index (χ0n) is 12.4. The van der Waals surface area contributed by atoms with Crippen LogP contribution in [0.1, 0.15) is 45.4 Å². The van der Waals surface area contributed by atoms with Gasteiger partial charge in [-0.15, -0.1) is 0 Å². The first-order valence-electron chi connectivity index (χ1n) is 7.87. The minimum atomic E-state index is -0.117. The molecule has 0 aromatic carbocycles. The number of esters is 1. The lowest BCUT2D eigenvalue weighted by molar-refractivity contribution is -0.150. The van der Waals surface area contributed by atoms with Crippen molar-refractivity contribution in [2.45, 2.75) is 51.5 Å². The molecule has 20 heavy (non-hydrogen) atoms.